The second-order valence-electron chi connectivity index (χ2n) is 3.72. The highest BCUT2D eigenvalue weighted by Gasteiger charge is 2.17. The highest BCUT2D eigenvalue weighted by atomic mass is 19.1. The Kier molecular flexibility index (Phi) is 3.95. The van der Waals surface area contributed by atoms with Gasteiger partial charge in [0.05, 0.1) is 6.54 Å². The van der Waals surface area contributed by atoms with Crippen LogP contribution in [0.3, 0.4) is 0 Å². The van der Waals surface area contributed by atoms with E-state index in [0.717, 1.165) is 18.2 Å². The van der Waals surface area contributed by atoms with Crippen molar-refractivity contribution in [2.75, 3.05) is 13.6 Å². The van der Waals surface area contributed by atoms with Crippen LogP contribution in [0.5, 0.6) is 0 Å². The van der Waals surface area contributed by atoms with Gasteiger partial charge >= 0.3 is 0 Å². The Morgan fingerprint density at radius 3 is 2.69 bits per heavy atom. The van der Waals surface area contributed by atoms with Gasteiger partial charge in [-0.3, -0.25) is 9.69 Å². The minimum absolute atomic E-state index is 0.00286. The molecule has 0 unspecified atom stereocenters. The summed E-state index contributed by atoms with van der Waals surface area (Å²) < 4.78 is 26.4. The highest BCUT2D eigenvalue weighted by Crippen LogP contribution is 2.22. The van der Waals surface area contributed by atoms with Gasteiger partial charge in [0.15, 0.2) is 0 Å². The van der Waals surface area contributed by atoms with Crippen LogP contribution in [-0.2, 0) is 4.79 Å². The first-order chi connectivity index (χ1) is 7.41. The van der Waals surface area contributed by atoms with Crippen molar-refractivity contribution in [3.05, 3.63) is 35.4 Å². The van der Waals surface area contributed by atoms with Crippen LogP contribution in [-0.4, -0.2) is 24.4 Å². The number of hydrogen-bond acceptors (Lipinski definition) is 2. The molecule has 1 rings (SSSR count). The summed E-state index contributed by atoms with van der Waals surface area (Å²) in [5.41, 5.74) is 5.24. The molecule has 1 amide bonds. The van der Waals surface area contributed by atoms with E-state index in [1.54, 1.807) is 18.9 Å². The fourth-order valence-electron chi connectivity index (χ4n) is 1.45. The standard InChI is InChI=1S/C11H14F2N2O/c1-7(15(2)6-11(14)16)9-5-8(12)3-4-10(9)13/h3-5,7H,6H2,1-2H3,(H2,14,16)/t7-/m1/s1. The molecule has 3 nitrogen and oxygen atoms in total. The molecule has 0 aliphatic rings. The van der Waals surface area contributed by atoms with E-state index in [9.17, 15) is 13.6 Å². The van der Waals surface area contributed by atoms with E-state index in [1.807, 2.05) is 0 Å². The number of halogens is 2. The third-order valence-electron chi connectivity index (χ3n) is 2.47. The number of rotatable bonds is 4. The topological polar surface area (TPSA) is 46.3 Å². The molecule has 0 fully saturated rings. The number of nitrogens with two attached hydrogens (primary N) is 1. The van der Waals surface area contributed by atoms with Crippen LogP contribution in [0.1, 0.15) is 18.5 Å². The predicted octanol–water partition coefficient (Wildman–Crippen LogP) is 1.44. The van der Waals surface area contributed by atoms with Gasteiger partial charge in [-0.05, 0) is 32.2 Å². The predicted molar refractivity (Wildman–Crippen MR) is 56.6 cm³/mol. The van der Waals surface area contributed by atoms with E-state index < -0.39 is 23.6 Å². The Labute approximate surface area is 92.8 Å². The van der Waals surface area contributed by atoms with Crippen LogP contribution in [0.2, 0.25) is 0 Å². The molecule has 0 aliphatic carbocycles. The molecule has 0 saturated carbocycles. The molecule has 0 aliphatic heterocycles. The molecule has 0 saturated heterocycles. The first kappa shape index (κ1) is 12.6. The van der Waals surface area contributed by atoms with Crippen molar-refractivity contribution in [2.45, 2.75) is 13.0 Å². The second-order valence-corrected chi connectivity index (χ2v) is 3.72. The molecule has 1 aromatic rings. The normalized spacial score (nSPS) is 12.8. The lowest BCUT2D eigenvalue weighted by Crippen LogP contribution is -2.33. The smallest absolute Gasteiger partial charge is 0.231 e. The summed E-state index contributed by atoms with van der Waals surface area (Å²) in [6, 6.07) is 2.83. The molecule has 1 atom stereocenters. The van der Waals surface area contributed by atoms with Gasteiger partial charge in [-0.2, -0.15) is 0 Å². The molecule has 88 valence electrons. The van der Waals surface area contributed by atoms with Crippen LogP contribution in [0.25, 0.3) is 0 Å². The lowest BCUT2D eigenvalue weighted by molar-refractivity contribution is -0.119. The van der Waals surface area contributed by atoms with E-state index in [1.165, 1.54) is 0 Å². The van der Waals surface area contributed by atoms with Gasteiger partial charge in [-0.1, -0.05) is 0 Å². The third kappa shape index (κ3) is 3.00. The Hall–Kier alpha value is -1.49. The van der Waals surface area contributed by atoms with Crippen molar-refractivity contribution in [3.63, 3.8) is 0 Å². The molecule has 0 aromatic heterocycles. The molecule has 0 heterocycles. The number of hydrogen-bond donors (Lipinski definition) is 1. The molecule has 0 bridgehead atoms. The Morgan fingerprint density at radius 1 is 1.50 bits per heavy atom. The zero-order valence-corrected chi connectivity index (χ0v) is 9.21. The number of primary amides is 1. The number of amides is 1. The van der Waals surface area contributed by atoms with Gasteiger partial charge in [0.1, 0.15) is 11.6 Å². The average Bonchev–Trinajstić information content (AvgIpc) is 2.19. The molecule has 5 heteroatoms. The number of benzene rings is 1. The Balaban J connectivity index is 2.90. The maximum Gasteiger partial charge on any atom is 0.231 e. The zero-order valence-electron chi connectivity index (χ0n) is 9.21. The van der Waals surface area contributed by atoms with Crippen LogP contribution >= 0.6 is 0 Å². The quantitative estimate of drug-likeness (QED) is 0.847. The summed E-state index contributed by atoms with van der Waals surface area (Å²) in [4.78, 5) is 12.3. The Morgan fingerprint density at radius 2 is 2.12 bits per heavy atom. The van der Waals surface area contributed by atoms with Gasteiger partial charge in [0.25, 0.3) is 0 Å². The first-order valence-electron chi connectivity index (χ1n) is 4.85. The van der Waals surface area contributed by atoms with Crippen molar-refractivity contribution in [3.8, 4) is 0 Å². The highest BCUT2D eigenvalue weighted by molar-refractivity contribution is 5.75. The summed E-state index contributed by atoms with van der Waals surface area (Å²) >= 11 is 0. The summed E-state index contributed by atoms with van der Waals surface area (Å²) in [5.74, 6) is -1.51. The van der Waals surface area contributed by atoms with E-state index in [0.29, 0.717) is 0 Å². The summed E-state index contributed by atoms with van der Waals surface area (Å²) in [5, 5.41) is 0. The van der Waals surface area contributed by atoms with Gasteiger partial charge < -0.3 is 5.73 Å². The van der Waals surface area contributed by atoms with E-state index >= 15 is 0 Å². The maximum absolute atomic E-state index is 13.4. The van der Waals surface area contributed by atoms with Gasteiger partial charge in [-0.15, -0.1) is 0 Å². The van der Waals surface area contributed by atoms with Gasteiger partial charge in [0, 0.05) is 11.6 Å². The second kappa shape index (κ2) is 5.03. The van der Waals surface area contributed by atoms with Crippen LogP contribution in [0, 0.1) is 11.6 Å². The van der Waals surface area contributed by atoms with Crippen molar-refractivity contribution in [2.24, 2.45) is 5.73 Å². The number of nitrogens with zero attached hydrogens (tertiary/aromatic N) is 1. The van der Waals surface area contributed by atoms with Gasteiger partial charge in [-0.25, -0.2) is 8.78 Å². The fraction of sp³-hybridized carbons (Fsp3) is 0.364. The summed E-state index contributed by atoms with van der Waals surface area (Å²) in [6.07, 6.45) is 0. The van der Waals surface area contributed by atoms with E-state index in [2.05, 4.69) is 0 Å². The number of carbonyl (C=O) groups is 1. The molecule has 2 N–H and O–H groups in total. The van der Waals surface area contributed by atoms with E-state index in [-0.39, 0.29) is 12.1 Å². The van der Waals surface area contributed by atoms with E-state index in [4.69, 9.17) is 5.73 Å². The summed E-state index contributed by atoms with van der Waals surface area (Å²) in [7, 11) is 1.62. The largest absolute Gasteiger partial charge is 0.369 e. The SMILES string of the molecule is C[C@H](c1cc(F)ccc1F)N(C)CC(N)=O. The monoisotopic (exact) mass is 228 g/mol. The molecule has 16 heavy (non-hydrogen) atoms. The fourth-order valence-corrected chi connectivity index (χ4v) is 1.45. The molecular formula is C11H14F2N2O. The molecule has 1 aromatic carbocycles. The Bertz CT molecular complexity index is 396. The lowest BCUT2D eigenvalue weighted by atomic mass is 10.1. The summed E-state index contributed by atoms with van der Waals surface area (Å²) in [6.45, 7) is 1.68. The average molecular weight is 228 g/mol. The maximum atomic E-state index is 13.4. The number of likely N-dealkylation sites (N-methyl/N-ethyl adjacent to an activating group) is 1. The molecule has 0 spiro atoms. The zero-order chi connectivity index (χ0) is 12.3. The molecule has 0 radical (unpaired) electrons. The first-order valence-corrected chi connectivity index (χ1v) is 4.85. The van der Waals surface area contributed by atoms with Gasteiger partial charge in [0.2, 0.25) is 5.91 Å². The van der Waals surface area contributed by atoms with Crippen molar-refractivity contribution < 1.29 is 13.6 Å². The van der Waals surface area contributed by atoms with Crippen molar-refractivity contribution >= 4 is 5.91 Å². The lowest BCUT2D eigenvalue weighted by Gasteiger charge is -2.23. The number of carbonyl (C=O) groups excluding carboxylic acids is 1. The minimum atomic E-state index is -0.508. The van der Waals surface area contributed by atoms with Crippen LogP contribution in [0.4, 0.5) is 8.78 Å². The third-order valence-corrected chi connectivity index (χ3v) is 2.47. The van der Waals surface area contributed by atoms with Crippen LogP contribution < -0.4 is 5.73 Å². The van der Waals surface area contributed by atoms with Crippen molar-refractivity contribution in [1.29, 1.82) is 0 Å². The van der Waals surface area contributed by atoms with Crippen molar-refractivity contribution in [1.82, 2.24) is 4.90 Å². The minimum Gasteiger partial charge on any atom is -0.369 e. The molecular weight excluding hydrogens is 214 g/mol. The van der Waals surface area contributed by atoms with Crippen LogP contribution in [0.15, 0.2) is 18.2 Å².